The number of esters is 2. The Bertz CT molecular complexity index is 1260. The van der Waals surface area contributed by atoms with Gasteiger partial charge in [0, 0.05) is 23.0 Å². The van der Waals surface area contributed by atoms with E-state index in [-0.39, 0.29) is 12.5 Å². The first-order valence-electron chi connectivity index (χ1n) is 10.2. The zero-order valence-corrected chi connectivity index (χ0v) is 18.6. The van der Waals surface area contributed by atoms with Crippen LogP contribution >= 0.6 is 11.6 Å². The van der Waals surface area contributed by atoms with Crippen LogP contribution in [0.1, 0.15) is 33.2 Å². The van der Waals surface area contributed by atoms with Crippen molar-refractivity contribution in [3.05, 3.63) is 70.9 Å². The summed E-state index contributed by atoms with van der Waals surface area (Å²) in [7, 11) is 1.29. The molecule has 0 radical (unpaired) electrons. The molecular weight excluding hydrogens is 444 g/mol. The summed E-state index contributed by atoms with van der Waals surface area (Å²) in [5, 5.41) is 0.971. The third-order valence-electron chi connectivity index (χ3n) is 5.76. The van der Waals surface area contributed by atoms with Crippen molar-refractivity contribution in [3.8, 4) is 12.3 Å². The number of halogens is 1. The van der Waals surface area contributed by atoms with Crippen LogP contribution in [-0.2, 0) is 25.5 Å². The molecule has 2 atom stereocenters. The number of amides is 1. The van der Waals surface area contributed by atoms with E-state index in [9.17, 15) is 14.4 Å². The summed E-state index contributed by atoms with van der Waals surface area (Å²) >= 11 is 5.94. The van der Waals surface area contributed by atoms with E-state index in [0.717, 1.165) is 22.2 Å². The zero-order chi connectivity index (χ0) is 23.5. The molecule has 0 aliphatic carbocycles. The number of methoxy groups -OCH3 is 1. The predicted molar refractivity (Wildman–Crippen MR) is 123 cm³/mol. The maximum Gasteiger partial charge on any atom is 0.339 e. The first-order chi connectivity index (χ1) is 16.0. The second kappa shape index (κ2) is 9.39. The summed E-state index contributed by atoms with van der Waals surface area (Å²) in [4.78, 5) is 42.7. The van der Waals surface area contributed by atoms with Crippen molar-refractivity contribution in [2.75, 3.05) is 19.6 Å². The van der Waals surface area contributed by atoms with Crippen LogP contribution in [0.4, 0.5) is 0 Å². The van der Waals surface area contributed by atoms with Gasteiger partial charge in [0.1, 0.15) is 11.9 Å². The summed E-state index contributed by atoms with van der Waals surface area (Å²) < 4.78 is 10.0. The second-order valence-electron chi connectivity index (χ2n) is 7.55. The molecule has 0 saturated heterocycles. The summed E-state index contributed by atoms with van der Waals surface area (Å²) in [6.45, 7) is -0.125. The number of benzene rings is 2. The van der Waals surface area contributed by atoms with Crippen molar-refractivity contribution < 1.29 is 23.9 Å². The van der Waals surface area contributed by atoms with Crippen molar-refractivity contribution in [3.63, 3.8) is 0 Å². The monoisotopic (exact) mass is 464 g/mol. The quantitative estimate of drug-likeness (QED) is 0.356. The fourth-order valence-corrected chi connectivity index (χ4v) is 4.46. The van der Waals surface area contributed by atoms with Crippen LogP contribution in [0.15, 0.2) is 48.5 Å². The molecule has 168 valence electrons. The summed E-state index contributed by atoms with van der Waals surface area (Å²) in [6, 6.07) is 12.9. The molecule has 0 spiro atoms. The van der Waals surface area contributed by atoms with E-state index in [2.05, 4.69) is 10.9 Å². The molecule has 0 unspecified atom stereocenters. The van der Waals surface area contributed by atoms with Gasteiger partial charge in [-0.25, -0.2) is 9.59 Å². The highest BCUT2D eigenvalue weighted by atomic mass is 35.5. The van der Waals surface area contributed by atoms with Gasteiger partial charge in [0.25, 0.3) is 0 Å². The molecule has 2 aromatic carbocycles. The van der Waals surface area contributed by atoms with Gasteiger partial charge in [0.05, 0.1) is 18.7 Å². The number of aromatic nitrogens is 1. The van der Waals surface area contributed by atoms with Crippen molar-refractivity contribution in [1.29, 1.82) is 0 Å². The largest absolute Gasteiger partial charge is 0.467 e. The molecule has 0 saturated carbocycles. The van der Waals surface area contributed by atoms with E-state index in [1.54, 1.807) is 24.3 Å². The molecule has 4 rings (SSSR count). The molecule has 7 nitrogen and oxygen atoms in total. The third kappa shape index (κ3) is 4.06. The van der Waals surface area contributed by atoms with Gasteiger partial charge >= 0.3 is 11.9 Å². The number of ether oxygens (including phenoxy) is 2. The number of hydrogen-bond acceptors (Lipinski definition) is 5. The number of H-pyrrole nitrogens is 1. The molecule has 33 heavy (non-hydrogen) atoms. The highest BCUT2D eigenvalue weighted by Gasteiger charge is 2.43. The van der Waals surface area contributed by atoms with Crippen LogP contribution < -0.4 is 0 Å². The standard InChI is InChI=1S/C25H21ClN2O5/c1-3-12-33-24(30)16-10-8-15(9-11-16)23-22-18(17-6-4-5-7-19(17)27-22)13-20(25(31)32-2)28(23)21(29)14-26/h1,4-11,20,23,27H,12-14H2,2H3/t20-,23-/m0/s1. The first kappa shape index (κ1) is 22.4. The lowest BCUT2D eigenvalue weighted by Crippen LogP contribution is -2.52. The molecule has 8 heteroatoms. The van der Waals surface area contributed by atoms with Gasteiger partial charge < -0.3 is 19.4 Å². The van der Waals surface area contributed by atoms with Crippen molar-refractivity contribution in [2.24, 2.45) is 0 Å². The molecule has 0 bridgehead atoms. The van der Waals surface area contributed by atoms with Gasteiger partial charge in [-0.3, -0.25) is 4.79 Å². The van der Waals surface area contributed by atoms with Gasteiger partial charge in [0.2, 0.25) is 5.91 Å². The first-order valence-corrected chi connectivity index (χ1v) is 10.8. The number of aromatic amines is 1. The molecule has 0 fully saturated rings. The Morgan fingerprint density at radius 3 is 2.58 bits per heavy atom. The predicted octanol–water partition coefficient (Wildman–Crippen LogP) is 3.21. The molecule has 1 aromatic heterocycles. The van der Waals surface area contributed by atoms with E-state index >= 15 is 0 Å². The van der Waals surface area contributed by atoms with Gasteiger partial charge in [-0.1, -0.05) is 36.3 Å². The van der Waals surface area contributed by atoms with Crippen LogP contribution in [0.3, 0.4) is 0 Å². The number of carbonyl (C=O) groups is 3. The van der Waals surface area contributed by atoms with Gasteiger partial charge in [-0.2, -0.15) is 0 Å². The van der Waals surface area contributed by atoms with Crippen molar-refractivity contribution >= 4 is 40.3 Å². The van der Waals surface area contributed by atoms with Gasteiger partial charge in [-0.15, -0.1) is 18.0 Å². The number of rotatable bonds is 5. The van der Waals surface area contributed by atoms with Gasteiger partial charge in [0.15, 0.2) is 6.61 Å². The molecule has 3 aromatic rings. The normalized spacial score (nSPS) is 17.2. The lowest BCUT2D eigenvalue weighted by atomic mass is 9.87. The highest BCUT2D eigenvalue weighted by molar-refractivity contribution is 6.27. The summed E-state index contributed by atoms with van der Waals surface area (Å²) in [5.74, 6) is 0.484. The minimum atomic E-state index is -0.849. The third-order valence-corrected chi connectivity index (χ3v) is 5.98. The number of carbonyl (C=O) groups excluding carboxylic acids is 3. The molecule has 1 aliphatic rings. The average molecular weight is 465 g/mol. The van der Waals surface area contributed by atoms with Crippen LogP contribution in [0.5, 0.6) is 0 Å². The average Bonchev–Trinajstić information content (AvgIpc) is 3.23. The van der Waals surface area contributed by atoms with Crippen LogP contribution in [0.25, 0.3) is 10.9 Å². The number of para-hydroxylation sites is 1. The summed E-state index contributed by atoms with van der Waals surface area (Å²) in [6.07, 6.45) is 5.44. The minimum Gasteiger partial charge on any atom is -0.467 e. The molecule has 2 heterocycles. The van der Waals surface area contributed by atoms with Crippen molar-refractivity contribution in [1.82, 2.24) is 9.88 Å². The Morgan fingerprint density at radius 1 is 1.18 bits per heavy atom. The van der Waals surface area contributed by atoms with Crippen LogP contribution in [0.2, 0.25) is 0 Å². The maximum atomic E-state index is 13.0. The fourth-order valence-electron chi connectivity index (χ4n) is 4.32. The molecule has 1 aliphatic heterocycles. The van der Waals surface area contributed by atoms with Gasteiger partial charge in [-0.05, 0) is 29.3 Å². The highest BCUT2D eigenvalue weighted by Crippen LogP contribution is 2.41. The number of nitrogens with one attached hydrogen (secondary N) is 1. The number of nitrogens with zero attached hydrogens (tertiary/aromatic N) is 1. The maximum absolute atomic E-state index is 13.0. The zero-order valence-electron chi connectivity index (χ0n) is 17.8. The number of hydrogen-bond donors (Lipinski definition) is 1. The topological polar surface area (TPSA) is 88.7 Å². The molecule has 1 N–H and O–H groups in total. The lowest BCUT2D eigenvalue weighted by molar-refractivity contribution is -0.154. The SMILES string of the molecule is C#CCOC(=O)c1ccc([C@H]2c3[nH]c4ccccc4c3C[C@@H](C(=O)OC)N2C(=O)CCl)cc1. The molecular formula is C25H21ClN2O5. The smallest absolute Gasteiger partial charge is 0.339 e. The minimum absolute atomic E-state index is 0.125. The Balaban J connectivity index is 1.86. The Kier molecular flexibility index (Phi) is 6.38. The van der Waals surface area contributed by atoms with E-state index in [4.69, 9.17) is 27.5 Å². The van der Waals surface area contributed by atoms with Crippen LogP contribution in [-0.4, -0.2) is 53.4 Å². The van der Waals surface area contributed by atoms with E-state index in [1.165, 1.54) is 12.0 Å². The summed E-state index contributed by atoms with van der Waals surface area (Å²) in [5.41, 5.74) is 3.63. The number of alkyl halides is 1. The Hall–Kier alpha value is -3.76. The molecule has 1 amide bonds. The van der Waals surface area contributed by atoms with Crippen molar-refractivity contribution in [2.45, 2.75) is 18.5 Å². The lowest BCUT2D eigenvalue weighted by Gasteiger charge is -2.40. The van der Waals surface area contributed by atoms with Crippen LogP contribution in [0, 0.1) is 12.3 Å². The number of terminal acetylenes is 1. The fraction of sp³-hybridized carbons (Fsp3) is 0.240. The number of fused-ring (bicyclic) bond motifs is 3. The van der Waals surface area contributed by atoms with E-state index in [1.807, 2.05) is 24.3 Å². The second-order valence-corrected chi connectivity index (χ2v) is 7.81. The Morgan fingerprint density at radius 2 is 1.91 bits per heavy atom. The Labute approximate surface area is 195 Å². The van der Waals surface area contributed by atoms with E-state index in [0.29, 0.717) is 17.5 Å². The van der Waals surface area contributed by atoms with E-state index < -0.39 is 29.9 Å².